The lowest BCUT2D eigenvalue weighted by atomic mass is 10.2. The van der Waals surface area contributed by atoms with Crippen LogP contribution in [0.2, 0.25) is 0 Å². The Morgan fingerprint density at radius 3 is 2.76 bits per heavy atom. The van der Waals surface area contributed by atoms with Crippen LogP contribution >= 0.6 is 0 Å². The molecule has 3 aromatic rings. The summed E-state index contributed by atoms with van der Waals surface area (Å²) < 4.78 is 2.97. The van der Waals surface area contributed by atoms with Crippen molar-refractivity contribution in [3.63, 3.8) is 0 Å². The van der Waals surface area contributed by atoms with Crippen LogP contribution in [0.5, 0.6) is 0 Å². The van der Waals surface area contributed by atoms with Gasteiger partial charge in [-0.05, 0) is 36.8 Å². The van der Waals surface area contributed by atoms with Crippen molar-refractivity contribution in [3.05, 3.63) is 66.2 Å². The summed E-state index contributed by atoms with van der Waals surface area (Å²) in [5.74, 6) is -1.47. The van der Waals surface area contributed by atoms with Gasteiger partial charge < -0.3 is 10.4 Å². The third-order valence-corrected chi connectivity index (χ3v) is 3.72. The molecule has 0 aliphatic carbocycles. The second-order valence-electron chi connectivity index (χ2n) is 5.53. The van der Waals surface area contributed by atoms with Crippen LogP contribution < -0.4 is 5.32 Å². The molecule has 8 heteroatoms. The van der Waals surface area contributed by atoms with Gasteiger partial charge in [0, 0.05) is 24.3 Å². The average molecular weight is 339 g/mol. The molecule has 2 N–H and O–H groups in total. The normalized spacial score (nSPS) is 11.9. The SMILES string of the molecule is CC(C(=O)O)n1nccc1C(=O)Nc1cccc(Cn2cccn2)c1. The van der Waals surface area contributed by atoms with Crippen molar-refractivity contribution >= 4 is 17.6 Å². The number of aliphatic carboxylic acids is 1. The number of carbonyl (C=O) groups is 2. The summed E-state index contributed by atoms with van der Waals surface area (Å²) >= 11 is 0. The molecular weight excluding hydrogens is 322 g/mol. The van der Waals surface area contributed by atoms with Crippen molar-refractivity contribution in [2.75, 3.05) is 5.32 Å². The number of nitrogens with one attached hydrogen (secondary N) is 1. The molecule has 128 valence electrons. The van der Waals surface area contributed by atoms with Gasteiger partial charge in [-0.25, -0.2) is 9.48 Å². The molecule has 1 unspecified atom stereocenters. The molecule has 0 spiro atoms. The first-order chi connectivity index (χ1) is 12.0. The quantitative estimate of drug-likeness (QED) is 0.715. The Hall–Kier alpha value is -3.42. The predicted octanol–water partition coefficient (Wildman–Crippen LogP) is 2.03. The number of nitrogens with zero attached hydrogens (tertiary/aromatic N) is 4. The van der Waals surface area contributed by atoms with E-state index in [-0.39, 0.29) is 5.69 Å². The highest BCUT2D eigenvalue weighted by molar-refractivity contribution is 6.03. The summed E-state index contributed by atoms with van der Waals surface area (Å²) in [5, 5.41) is 20.0. The van der Waals surface area contributed by atoms with E-state index in [0.717, 1.165) is 5.56 Å². The van der Waals surface area contributed by atoms with Crippen molar-refractivity contribution in [1.82, 2.24) is 19.6 Å². The van der Waals surface area contributed by atoms with E-state index in [2.05, 4.69) is 15.5 Å². The Morgan fingerprint density at radius 2 is 2.04 bits per heavy atom. The monoisotopic (exact) mass is 339 g/mol. The smallest absolute Gasteiger partial charge is 0.328 e. The van der Waals surface area contributed by atoms with Crippen molar-refractivity contribution in [2.24, 2.45) is 0 Å². The number of hydrogen-bond donors (Lipinski definition) is 2. The number of amides is 1. The van der Waals surface area contributed by atoms with Crippen LogP contribution in [-0.4, -0.2) is 36.5 Å². The zero-order chi connectivity index (χ0) is 17.8. The fraction of sp³-hybridized carbons (Fsp3) is 0.176. The van der Waals surface area contributed by atoms with Crippen LogP contribution in [0, 0.1) is 0 Å². The maximum Gasteiger partial charge on any atom is 0.328 e. The molecular formula is C17H17N5O3. The molecule has 2 aromatic heterocycles. The molecule has 0 fully saturated rings. The lowest BCUT2D eigenvalue weighted by Crippen LogP contribution is -2.24. The Morgan fingerprint density at radius 1 is 1.20 bits per heavy atom. The summed E-state index contributed by atoms with van der Waals surface area (Å²) in [7, 11) is 0. The minimum Gasteiger partial charge on any atom is -0.480 e. The number of aromatic nitrogens is 4. The maximum atomic E-state index is 12.5. The topological polar surface area (TPSA) is 102 Å². The second-order valence-corrected chi connectivity index (χ2v) is 5.53. The molecule has 0 saturated carbocycles. The lowest BCUT2D eigenvalue weighted by Gasteiger charge is -2.12. The highest BCUT2D eigenvalue weighted by Crippen LogP contribution is 2.15. The zero-order valence-electron chi connectivity index (χ0n) is 13.5. The summed E-state index contributed by atoms with van der Waals surface area (Å²) in [6.07, 6.45) is 4.97. The maximum absolute atomic E-state index is 12.5. The van der Waals surface area contributed by atoms with E-state index >= 15 is 0 Å². The Balaban J connectivity index is 1.76. The van der Waals surface area contributed by atoms with E-state index in [4.69, 9.17) is 5.11 Å². The first kappa shape index (κ1) is 16.4. The number of benzene rings is 1. The van der Waals surface area contributed by atoms with Crippen molar-refractivity contribution in [2.45, 2.75) is 19.5 Å². The molecule has 0 aliphatic rings. The van der Waals surface area contributed by atoms with Gasteiger partial charge >= 0.3 is 5.97 Å². The van der Waals surface area contributed by atoms with Gasteiger partial charge in [-0.15, -0.1) is 0 Å². The number of carboxylic acids is 1. The molecule has 3 rings (SSSR count). The summed E-state index contributed by atoms with van der Waals surface area (Å²) in [6, 6.07) is 9.80. The highest BCUT2D eigenvalue weighted by atomic mass is 16.4. The van der Waals surface area contributed by atoms with Crippen molar-refractivity contribution in [1.29, 1.82) is 0 Å². The molecule has 2 heterocycles. The van der Waals surface area contributed by atoms with Crippen molar-refractivity contribution in [3.8, 4) is 0 Å². The van der Waals surface area contributed by atoms with Gasteiger partial charge in [-0.3, -0.25) is 9.48 Å². The van der Waals surface area contributed by atoms with E-state index < -0.39 is 17.9 Å². The zero-order valence-corrected chi connectivity index (χ0v) is 13.5. The van der Waals surface area contributed by atoms with Gasteiger partial charge in [0.2, 0.25) is 0 Å². The van der Waals surface area contributed by atoms with Crippen LogP contribution in [0.25, 0.3) is 0 Å². The standard InChI is InChI=1S/C17H17N5O3/c1-12(17(24)25)22-15(6-8-19-22)16(23)20-14-5-2-4-13(10-14)11-21-9-3-7-18-21/h2-10,12H,11H2,1H3,(H,20,23)(H,24,25). The Bertz CT molecular complexity index is 885. The predicted molar refractivity (Wildman–Crippen MR) is 90.3 cm³/mol. The summed E-state index contributed by atoms with van der Waals surface area (Å²) in [6.45, 7) is 2.06. The fourth-order valence-corrected chi connectivity index (χ4v) is 2.43. The molecule has 25 heavy (non-hydrogen) atoms. The first-order valence-electron chi connectivity index (χ1n) is 7.68. The van der Waals surface area contributed by atoms with Gasteiger partial charge in [-0.1, -0.05) is 12.1 Å². The van der Waals surface area contributed by atoms with E-state index in [0.29, 0.717) is 12.2 Å². The number of carbonyl (C=O) groups excluding carboxylic acids is 1. The number of hydrogen-bond acceptors (Lipinski definition) is 4. The van der Waals surface area contributed by atoms with Crippen LogP contribution in [0.1, 0.15) is 29.0 Å². The number of anilines is 1. The van der Waals surface area contributed by atoms with E-state index in [1.807, 2.05) is 30.5 Å². The van der Waals surface area contributed by atoms with Gasteiger partial charge in [0.15, 0.2) is 0 Å². The van der Waals surface area contributed by atoms with Crippen LogP contribution in [0.15, 0.2) is 55.0 Å². The molecule has 0 aliphatic heterocycles. The number of rotatable bonds is 6. The summed E-state index contributed by atoms with van der Waals surface area (Å²) in [5.41, 5.74) is 1.78. The molecule has 1 aromatic carbocycles. The van der Waals surface area contributed by atoms with E-state index in [1.54, 1.807) is 16.9 Å². The van der Waals surface area contributed by atoms with E-state index in [1.165, 1.54) is 23.9 Å². The van der Waals surface area contributed by atoms with Crippen molar-refractivity contribution < 1.29 is 14.7 Å². The second kappa shape index (κ2) is 7.00. The van der Waals surface area contributed by atoms with Gasteiger partial charge in [0.25, 0.3) is 5.91 Å². The molecule has 0 radical (unpaired) electrons. The van der Waals surface area contributed by atoms with Gasteiger partial charge in [0.1, 0.15) is 11.7 Å². The molecule has 0 bridgehead atoms. The van der Waals surface area contributed by atoms with Crippen LogP contribution in [0.3, 0.4) is 0 Å². The Kier molecular flexibility index (Phi) is 4.60. The lowest BCUT2D eigenvalue weighted by molar-refractivity contribution is -0.140. The van der Waals surface area contributed by atoms with Gasteiger partial charge in [-0.2, -0.15) is 10.2 Å². The first-order valence-corrected chi connectivity index (χ1v) is 7.68. The Labute approximate surface area is 143 Å². The molecule has 1 atom stereocenters. The number of carboxylic acid groups (broad SMARTS) is 1. The average Bonchev–Trinajstić information content (AvgIpc) is 3.25. The third-order valence-electron chi connectivity index (χ3n) is 3.72. The van der Waals surface area contributed by atoms with E-state index in [9.17, 15) is 9.59 Å². The minimum absolute atomic E-state index is 0.187. The highest BCUT2D eigenvalue weighted by Gasteiger charge is 2.21. The van der Waals surface area contributed by atoms with Gasteiger partial charge in [0.05, 0.1) is 6.54 Å². The molecule has 1 amide bonds. The summed E-state index contributed by atoms with van der Waals surface area (Å²) in [4.78, 5) is 23.6. The molecule has 8 nitrogen and oxygen atoms in total. The van der Waals surface area contributed by atoms with Crippen LogP contribution in [-0.2, 0) is 11.3 Å². The largest absolute Gasteiger partial charge is 0.480 e. The molecule has 0 saturated heterocycles. The fourth-order valence-electron chi connectivity index (χ4n) is 2.43. The minimum atomic E-state index is -1.06. The van der Waals surface area contributed by atoms with Crippen LogP contribution in [0.4, 0.5) is 5.69 Å². The third kappa shape index (κ3) is 3.74.